The van der Waals surface area contributed by atoms with Crippen LogP contribution in [0.15, 0.2) is 42.5 Å². The van der Waals surface area contributed by atoms with Gasteiger partial charge in [-0.1, -0.05) is 31.5 Å². The zero-order valence-electron chi connectivity index (χ0n) is 17.3. The molecule has 0 bridgehead atoms. The first kappa shape index (κ1) is 20.6. The van der Waals surface area contributed by atoms with Gasteiger partial charge in [0.25, 0.3) is 5.91 Å². The monoisotopic (exact) mass is 393 g/mol. The van der Waals surface area contributed by atoms with Gasteiger partial charge in [-0.15, -0.1) is 0 Å². The fourth-order valence-corrected chi connectivity index (χ4v) is 3.57. The van der Waals surface area contributed by atoms with Crippen LogP contribution in [0.4, 0.5) is 11.4 Å². The van der Waals surface area contributed by atoms with Crippen molar-refractivity contribution in [3.63, 3.8) is 0 Å². The summed E-state index contributed by atoms with van der Waals surface area (Å²) in [7, 11) is 0. The van der Waals surface area contributed by atoms with Crippen molar-refractivity contribution in [2.45, 2.75) is 40.2 Å². The largest absolute Gasteiger partial charge is 0.340 e. The SMILES string of the molecule is CC(=O)N1CCc2cc(NC(=O)C(NC(=O)c3cccc(C)c3)C(C)C)ccc21. The first-order chi connectivity index (χ1) is 13.8. The standard InChI is InChI=1S/C23H27N3O3/c1-14(2)21(25-22(28)18-7-5-6-15(3)12-18)23(29)24-19-8-9-20-17(13-19)10-11-26(20)16(4)27/h5-9,12-14,21H,10-11H2,1-4H3,(H,24,29)(H,25,28). The highest BCUT2D eigenvalue weighted by atomic mass is 16.2. The molecule has 1 unspecified atom stereocenters. The number of amides is 3. The van der Waals surface area contributed by atoms with E-state index in [1.54, 1.807) is 30.0 Å². The molecule has 0 radical (unpaired) electrons. The number of nitrogens with zero attached hydrogens (tertiary/aromatic N) is 1. The molecular weight excluding hydrogens is 366 g/mol. The predicted octanol–water partition coefficient (Wildman–Crippen LogP) is 3.30. The Morgan fingerprint density at radius 2 is 1.83 bits per heavy atom. The molecule has 1 heterocycles. The molecule has 0 aliphatic carbocycles. The molecule has 0 saturated carbocycles. The van der Waals surface area contributed by atoms with Crippen molar-refractivity contribution in [1.29, 1.82) is 0 Å². The van der Waals surface area contributed by atoms with E-state index in [-0.39, 0.29) is 23.6 Å². The summed E-state index contributed by atoms with van der Waals surface area (Å²) in [6.07, 6.45) is 0.760. The van der Waals surface area contributed by atoms with Crippen LogP contribution in [0.2, 0.25) is 0 Å². The van der Waals surface area contributed by atoms with Crippen molar-refractivity contribution in [3.8, 4) is 0 Å². The van der Waals surface area contributed by atoms with Gasteiger partial charge in [-0.05, 0) is 55.2 Å². The molecule has 2 aromatic carbocycles. The Morgan fingerprint density at radius 3 is 2.48 bits per heavy atom. The number of hydrogen-bond acceptors (Lipinski definition) is 3. The van der Waals surface area contributed by atoms with Crippen LogP contribution in [-0.2, 0) is 16.0 Å². The number of aryl methyl sites for hydroxylation is 1. The smallest absolute Gasteiger partial charge is 0.251 e. The van der Waals surface area contributed by atoms with Crippen LogP contribution in [0, 0.1) is 12.8 Å². The molecule has 29 heavy (non-hydrogen) atoms. The van der Waals surface area contributed by atoms with Gasteiger partial charge >= 0.3 is 0 Å². The van der Waals surface area contributed by atoms with Crippen LogP contribution in [-0.4, -0.2) is 30.3 Å². The Kier molecular flexibility index (Phi) is 6.01. The van der Waals surface area contributed by atoms with Gasteiger partial charge in [0.1, 0.15) is 6.04 Å². The van der Waals surface area contributed by atoms with Crippen molar-refractivity contribution < 1.29 is 14.4 Å². The van der Waals surface area contributed by atoms with E-state index in [0.29, 0.717) is 17.8 Å². The van der Waals surface area contributed by atoms with Crippen LogP contribution in [0.3, 0.4) is 0 Å². The Bertz CT molecular complexity index is 952. The molecule has 0 spiro atoms. The number of fused-ring (bicyclic) bond motifs is 1. The maximum absolute atomic E-state index is 12.9. The van der Waals surface area contributed by atoms with Gasteiger partial charge in [0.15, 0.2) is 0 Å². The maximum atomic E-state index is 12.9. The van der Waals surface area contributed by atoms with Gasteiger partial charge in [0.05, 0.1) is 0 Å². The summed E-state index contributed by atoms with van der Waals surface area (Å²) in [6, 6.07) is 12.2. The summed E-state index contributed by atoms with van der Waals surface area (Å²) in [4.78, 5) is 38.9. The minimum absolute atomic E-state index is 0.0132. The quantitative estimate of drug-likeness (QED) is 0.818. The van der Waals surface area contributed by atoms with E-state index in [9.17, 15) is 14.4 Å². The highest BCUT2D eigenvalue weighted by Gasteiger charge is 2.26. The fourth-order valence-electron chi connectivity index (χ4n) is 3.57. The van der Waals surface area contributed by atoms with Crippen LogP contribution < -0.4 is 15.5 Å². The second-order valence-electron chi connectivity index (χ2n) is 7.82. The molecule has 0 fully saturated rings. The predicted molar refractivity (Wildman–Crippen MR) is 114 cm³/mol. The molecule has 1 aliphatic rings. The highest BCUT2D eigenvalue weighted by molar-refractivity contribution is 6.02. The van der Waals surface area contributed by atoms with E-state index in [0.717, 1.165) is 23.2 Å². The van der Waals surface area contributed by atoms with Gasteiger partial charge in [0, 0.05) is 30.4 Å². The Morgan fingerprint density at radius 1 is 1.07 bits per heavy atom. The zero-order chi connectivity index (χ0) is 21.1. The molecule has 0 saturated heterocycles. The first-order valence-corrected chi connectivity index (χ1v) is 9.85. The van der Waals surface area contributed by atoms with Gasteiger partial charge in [0.2, 0.25) is 11.8 Å². The third-order valence-corrected chi connectivity index (χ3v) is 5.14. The first-order valence-electron chi connectivity index (χ1n) is 9.85. The number of hydrogen-bond donors (Lipinski definition) is 2. The second-order valence-corrected chi connectivity index (χ2v) is 7.82. The van der Waals surface area contributed by atoms with Gasteiger partial charge in [-0.25, -0.2) is 0 Å². The minimum Gasteiger partial charge on any atom is -0.340 e. The molecule has 2 aromatic rings. The Labute approximate surface area is 171 Å². The van der Waals surface area contributed by atoms with Crippen LogP contribution in [0.25, 0.3) is 0 Å². The summed E-state index contributed by atoms with van der Waals surface area (Å²) in [5.41, 5.74) is 4.10. The third-order valence-electron chi connectivity index (χ3n) is 5.14. The fraction of sp³-hybridized carbons (Fsp3) is 0.348. The molecule has 0 aromatic heterocycles. The summed E-state index contributed by atoms with van der Waals surface area (Å²) < 4.78 is 0. The normalized spacial score (nSPS) is 13.8. The molecule has 2 N–H and O–H groups in total. The molecular formula is C23H27N3O3. The number of rotatable bonds is 5. The molecule has 1 aliphatic heterocycles. The van der Waals surface area contributed by atoms with Crippen LogP contribution in [0.5, 0.6) is 0 Å². The number of carbonyl (C=O) groups excluding carboxylic acids is 3. The van der Waals surface area contributed by atoms with E-state index in [1.165, 1.54) is 0 Å². The minimum atomic E-state index is -0.662. The number of nitrogens with one attached hydrogen (secondary N) is 2. The highest BCUT2D eigenvalue weighted by Crippen LogP contribution is 2.30. The van der Waals surface area contributed by atoms with E-state index in [4.69, 9.17) is 0 Å². The lowest BCUT2D eigenvalue weighted by molar-refractivity contribution is -0.119. The van der Waals surface area contributed by atoms with Crippen molar-refractivity contribution in [2.75, 3.05) is 16.8 Å². The van der Waals surface area contributed by atoms with Gasteiger partial charge in [-0.2, -0.15) is 0 Å². The number of benzene rings is 2. The summed E-state index contributed by atoms with van der Waals surface area (Å²) >= 11 is 0. The van der Waals surface area contributed by atoms with Crippen LogP contribution in [0.1, 0.15) is 42.3 Å². The van der Waals surface area contributed by atoms with E-state index in [1.807, 2.05) is 45.0 Å². The molecule has 6 nitrogen and oxygen atoms in total. The van der Waals surface area contributed by atoms with E-state index >= 15 is 0 Å². The lowest BCUT2D eigenvalue weighted by Gasteiger charge is -2.22. The molecule has 3 rings (SSSR count). The molecule has 152 valence electrons. The van der Waals surface area contributed by atoms with E-state index < -0.39 is 6.04 Å². The Hall–Kier alpha value is -3.15. The lowest BCUT2D eigenvalue weighted by Crippen LogP contribution is -2.47. The summed E-state index contributed by atoms with van der Waals surface area (Å²) in [5, 5.41) is 5.76. The lowest BCUT2D eigenvalue weighted by atomic mass is 10.0. The molecule has 1 atom stereocenters. The summed E-state index contributed by atoms with van der Waals surface area (Å²) in [6.45, 7) is 7.92. The van der Waals surface area contributed by atoms with Gasteiger partial charge < -0.3 is 15.5 Å². The average molecular weight is 393 g/mol. The number of anilines is 2. The molecule has 3 amide bonds. The van der Waals surface area contributed by atoms with Crippen molar-refractivity contribution in [1.82, 2.24) is 5.32 Å². The maximum Gasteiger partial charge on any atom is 0.251 e. The zero-order valence-corrected chi connectivity index (χ0v) is 17.3. The average Bonchev–Trinajstić information content (AvgIpc) is 3.09. The van der Waals surface area contributed by atoms with Crippen LogP contribution >= 0.6 is 0 Å². The molecule has 6 heteroatoms. The summed E-state index contributed by atoms with van der Waals surface area (Å²) in [5.74, 6) is -0.596. The number of carbonyl (C=O) groups is 3. The van der Waals surface area contributed by atoms with E-state index in [2.05, 4.69) is 10.6 Å². The third kappa shape index (κ3) is 4.65. The second kappa shape index (κ2) is 8.47. The Balaban J connectivity index is 1.72. The van der Waals surface area contributed by atoms with Gasteiger partial charge in [-0.3, -0.25) is 14.4 Å². The van der Waals surface area contributed by atoms with Crippen molar-refractivity contribution in [3.05, 3.63) is 59.2 Å². The van der Waals surface area contributed by atoms with Crippen molar-refractivity contribution in [2.24, 2.45) is 5.92 Å². The topological polar surface area (TPSA) is 78.5 Å². The van der Waals surface area contributed by atoms with Crippen molar-refractivity contribution >= 4 is 29.1 Å².